The molecule has 3 aromatic rings. The quantitative estimate of drug-likeness (QED) is 0.585. The van der Waals surface area contributed by atoms with Crippen LogP contribution in [0, 0.1) is 5.82 Å². The highest BCUT2D eigenvalue weighted by Crippen LogP contribution is 2.16. The summed E-state index contributed by atoms with van der Waals surface area (Å²) in [6.45, 7) is 0.894. The van der Waals surface area contributed by atoms with Crippen molar-refractivity contribution in [3.63, 3.8) is 0 Å². The molecule has 1 N–H and O–H groups in total. The first-order valence-corrected chi connectivity index (χ1v) is 8.74. The zero-order chi connectivity index (χ0) is 18.9. The van der Waals surface area contributed by atoms with Crippen molar-refractivity contribution in [2.24, 2.45) is 0 Å². The van der Waals surface area contributed by atoms with Crippen molar-refractivity contribution in [3.05, 3.63) is 66.3 Å². The monoisotopic (exact) mass is 369 g/mol. The second kappa shape index (κ2) is 9.47. The van der Waals surface area contributed by atoms with E-state index in [2.05, 4.69) is 15.5 Å². The molecule has 0 spiro atoms. The maximum absolute atomic E-state index is 12.9. The summed E-state index contributed by atoms with van der Waals surface area (Å²) < 4.78 is 23.6. The van der Waals surface area contributed by atoms with Gasteiger partial charge in [-0.1, -0.05) is 23.4 Å². The molecular formula is C20H20FN3O3. The molecule has 0 radical (unpaired) electrons. The van der Waals surface area contributed by atoms with Crippen LogP contribution >= 0.6 is 0 Å². The van der Waals surface area contributed by atoms with Gasteiger partial charge in [-0.2, -0.15) is 4.98 Å². The molecular weight excluding hydrogens is 349 g/mol. The molecule has 6 nitrogen and oxygen atoms in total. The van der Waals surface area contributed by atoms with Crippen LogP contribution in [-0.4, -0.2) is 29.2 Å². The second-order valence-corrected chi connectivity index (χ2v) is 5.88. The molecule has 0 saturated carbocycles. The van der Waals surface area contributed by atoms with E-state index in [1.54, 1.807) is 12.1 Å². The Bertz CT molecular complexity index is 850. The lowest BCUT2D eigenvalue weighted by atomic mass is 10.2. The van der Waals surface area contributed by atoms with Crippen LogP contribution in [0.1, 0.15) is 18.7 Å². The summed E-state index contributed by atoms with van der Waals surface area (Å²) in [7, 11) is 0. The minimum Gasteiger partial charge on any atom is -0.494 e. The van der Waals surface area contributed by atoms with Crippen molar-refractivity contribution in [2.45, 2.75) is 19.3 Å². The Balaban J connectivity index is 1.33. The fourth-order valence-electron chi connectivity index (χ4n) is 2.41. The number of benzene rings is 2. The molecule has 2 aromatic carbocycles. The highest BCUT2D eigenvalue weighted by Gasteiger charge is 2.09. The highest BCUT2D eigenvalue weighted by molar-refractivity contribution is 5.75. The standard InChI is InChI=1S/C20H20FN3O3/c21-16-10-8-15(9-11-16)20-23-19(27-24-20)12-13-22-18(25)7-4-14-26-17-5-2-1-3-6-17/h1-3,5-6,8-11H,4,7,12-14H2,(H,22,25). The second-order valence-electron chi connectivity index (χ2n) is 5.88. The summed E-state index contributed by atoms with van der Waals surface area (Å²) >= 11 is 0. The van der Waals surface area contributed by atoms with E-state index < -0.39 is 0 Å². The predicted molar refractivity (Wildman–Crippen MR) is 97.6 cm³/mol. The number of ether oxygens (including phenoxy) is 1. The maximum Gasteiger partial charge on any atom is 0.228 e. The molecule has 0 bridgehead atoms. The van der Waals surface area contributed by atoms with Gasteiger partial charge in [-0.3, -0.25) is 4.79 Å². The summed E-state index contributed by atoms with van der Waals surface area (Å²) in [6, 6.07) is 15.3. The number of amides is 1. The number of nitrogens with zero attached hydrogens (tertiary/aromatic N) is 2. The van der Waals surface area contributed by atoms with Crippen molar-refractivity contribution < 1.29 is 18.4 Å². The molecule has 0 aliphatic rings. The Morgan fingerprint density at radius 3 is 2.67 bits per heavy atom. The normalized spacial score (nSPS) is 10.6. The predicted octanol–water partition coefficient (Wildman–Crippen LogP) is 3.39. The molecule has 0 atom stereocenters. The Hall–Kier alpha value is -3.22. The fraction of sp³-hybridized carbons (Fsp3) is 0.250. The number of carbonyl (C=O) groups is 1. The molecule has 3 rings (SSSR count). The zero-order valence-corrected chi connectivity index (χ0v) is 14.7. The zero-order valence-electron chi connectivity index (χ0n) is 14.7. The van der Waals surface area contributed by atoms with Crippen LogP contribution in [0.4, 0.5) is 4.39 Å². The van der Waals surface area contributed by atoms with Gasteiger partial charge in [0.1, 0.15) is 11.6 Å². The van der Waals surface area contributed by atoms with E-state index in [1.807, 2.05) is 30.3 Å². The number of rotatable bonds is 9. The van der Waals surface area contributed by atoms with E-state index in [9.17, 15) is 9.18 Å². The highest BCUT2D eigenvalue weighted by atomic mass is 19.1. The van der Waals surface area contributed by atoms with Crippen LogP contribution in [0.5, 0.6) is 5.75 Å². The van der Waals surface area contributed by atoms with E-state index in [4.69, 9.17) is 9.26 Å². The molecule has 0 unspecified atom stereocenters. The van der Waals surface area contributed by atoms with Crippen LogP contribution in [0.2, 0.25) is 0 Å². The van der Waals surface area contributed by atoms with Gasteiger partial charge >= 0.3 is 0 Å². The van der Waals surface area contributed by atoms with Gasteiger partial charge in [0.05, 0.1) is 6.61 Å². The molecule has 0 aliphatic carbocycles. The lowest BCUT2D eigenvalue weighted by Crippen LogP contribution is -2.25. The van der Waals surface area contributed by atoms with E-state index >= 15 is 0 Å². The van der Waals surface area contributed by atoms with Crippen LogP contribution in [0.25, 0.3) is 11.4 Å². The first-order valence-electron chi connectivity index (χ1n) is 8.74. The molecule has 1 aromatic heterocycles. The maximum atomic E-state index is 12.9. The minimum atomic E-state index is -0.320. The third-order valence-electron chi connectivity index (χ3n) is 3.79. The number of aromatic nitrogens is 2. The summed E-state index contributed by atoms with van der Waals surface area (Å²) in [5.74, 6) is 1.24. The first kappa shape index (κ1) is 18.6. The van der Waals surface area contributed by atoms with Gasteiger partial charge in [-0.05, 0) is 42.8 Å². The molecule has 0 aliphatic heterocycles. The molecule has 0 saturated heterocycles. The van der Waals surface area contributed by atoms with Crippen LogP contribution in [0.3, 0.4) is 0 Å². The number of para-hydroxylation sites is 1. The Kier molecular flexibility index (Phi) is 6.51. The number of nitrogens with one attached hydrogen (secondary N) is 1. The third kappa shape index (κ3) is 5.91. The van der Waals surface area contributed by atoms with Gasteiger partial charge in [0.25, 0.3) is 0 Å². The van der Waals surface area contributed by atoms with Gasteiger partial charge in [-0.25, -0.2) is 4.39 Å². The number of carbonyl (C=O) groups excluding carboxylic acids is 1. The van der Waals surface area contributed by atoms with E-state index in [0.29, 0.717) is 49.7 Å². The summed E-state index contributed by atoms with van der Waals surface area (Å²) in [5, 5.41) is 6.68. The van der Waals surface area contributed by atoms with Crippen molar-refractivity contribution in [1.29, 1.82) is 0 Å². The molecule has 1 heterocycles. The van der Waals surface area contributed by atoms with Crippen molar-refractivity contribution in [3.8, 4) is 17.1 Å². The smallest absolute Gasteiger partial charge is 0.228 e. The first-order chi connectivity index (χ1) is 13.2. The lowest BCUT2D eigenvalue weighted by molar-refractivity contribution is -0.121. The third-order valence-corrected chi connectivity index (χ3v) is 3.79. The van der Waals surface area contributed by atoms with Crippen molar-refractivity contribution >= 4 is 5.91 Å². The average molecular weight is 369 g/mol. The van der Waals surface area contributed by atoms with E-state index in [0.717, 1.165) is 5.75 Å². The summed E-state index contributed by atoms with van der Waals surface area (Å²) in [4.78, 5) is 16.1. The molecule has 140 valence electrons. The van der Waals surface area contributed by atoms with Gasteiger partial charge < -0.3 is 14.6 Å². The SMILES string of the molecule is O=C(CCCOc1ccccc1)NCCc1nc(-c2ccc(F)cc2)no1. The van der Waals surface area contributed by atoms with E-state index in [-0.39, 0.29) is 11.7 Å². The van der Waals surface area contributed by atoms with Crippen LogP contribution in [0.15, 0.2) is 59.1 Å². The molecule has 7 heteroatoms. The van der Waals surface area contributed by atoms with Crippen molar-refractivity contribution in [1.82, 2.24) is 15.5 Å². The lowest BCUT2D eigenvalue weighted by Gasteiger charge is -2.06. The van der Waals surface area contributed by atoms with Gasteiger partial charge in [0, 0.05) is 24.9 Å². The fourth-order valence-corrected chi connectivity index (χ4v) is 2.41. The van der Waals surface area contributed by atoms with Gasteiger partial charge in [0.2, 0.25) is 17.6 Å². The van der Waals surface area contributed by atoms with E-state index in [1.165, 1.54) is 12.1 Å². The number of hydrogen-bond donors (Lipinski definition) is 1. The van der Waals surface area contributed by atoms with Gasteiger partial charge in [0.15, 0.2) is 0 Å². The molecule has 0 fully saturated rings. The minimum absolute atomic E-state index is 0.0510. The van der Waals surface area contributed by atoms with Crippen LogP contribution < -0.4 is 10.1 Å². The molecule has 1 amide bonds. The topological polar surface area (TPSA) is 77.2 Å². The Labute approximate surface area is 156 Å². The van der Waals surface area contributed by atoms with Crippen LogP contribution in [-0.2, 0) is 11.2 Å². The number of halogens is 1. The number of hydrogen-bond acceptors (Lipinski definition) is 5. The Morgan fingerprint density at radius 1 is 1.11 bits per heavy atom. The van der Waals surface area contributed by atoms with Gasteiger partial charge in [-0.15, -0.1) is 0 Å². The summed E-state index contributed by atoms with van der Waals surface area (Å²) in [5.41, 5.74) is 0.675. The summed E-state index contributed by atoms with van der Waals surface area (Å²) in [6.07, 6.45) is 1.45. The average Bonchev–Trinajstić information content (AvgIpc) is 3.15. The van der Waals surface area contributed by atoms with Crippen molar-refractivity contribution in [2.75, 3.05) is 13.2 Å². The largest absolute Gasteiger partial charge is 0.494 e. The molecule has 27 heavy (non-hydrogen) atoms. The Morgan fingerprint density at radius 2 is 1.89 bits per heavy atom.